The Kier molecular flexibility index (Phi) is 11.2. The number of nitrogens with zero attached hydrogens (tertiary/aromatic N) is 1. The van der Waals surface area contributed by atoms with Crippen LogP contribution in [-0.2, 0) is 11.4 Å². The maximum atomic E-state index is 11.9. The van der Waals surface area contributed by atoms with Crippen LogP contribution in [-0.4, -0.2) is 12.1 Å². The van der Waals surface area contributed by atoms with Crippen molar-refractivity contribution in [2.24, 2.45) is 5.10 Å². The molecule has 2 aromatic rings. The van der Waals surface area contributed by atoms with E-state index in [-0.39, 0.29) is 5.91 Å². The van der Waals surface area contributed by atoms with Crippen molar-refractivity contribution in [1.82, 2.24) is 5.43 Å². The zero-order valence-corrected chi connectivity index (χ0v) is 17.6. The van der Waals surface area contributed by atoms with Crippen LogP contribution < -0.4 is 10.2 Å². The first-order valence-electron chi connectivity index (χ1n) is 10.9. The molecule has 1 N–H and O–H groups in total. The molecule has 0 aromatic heterocycles. The highest BCUT2D eigenvalue weighted by atomic mass is 16.5. The zero-order chi connectivity index (χ0) is 20.6. The van der Waals surface area contributed by atoms with E-state index >= 15 is 0 Å². The lowest BCUT2D eigenvalue weighted by atomic mass is 10.1. The number of rotatable bonds is 14. The van der Waals surface area contributed by atoms with Crippen LogP contribution in [0.4, 0.5) is 0 Å². The second-order valence-electron chi connectivity index (χ2n) is 7.36. The summed E-state index contributed by atoms with van der Waals surface area (Å²) in [7, 11) is 0. The van der Waals surface area contributed by atoms with Gasteiger partial charge in [-0.15, -0.1) is 0 Å². The monoisotopic (exact) mass is 394 g/mol. The summed E-state index contributed by atoms with van der Waals surface area (Å²) < 4.78 is 5.82. The minimum absolute atomic E-state index is 0.0243. The summed E-state index contributed by atoms with van der Waals surface area (Å²) in [5, 5.41) is 4.07. The molecule has 0 bridgehead atoms. The molecule has 0 aliphatic heterocycles. The lowest BCUT2D eigenvalue weighted by Gasteiger charge is -2.06. The van der Waals surface area contributed by atoms with Crippen LogP contribution in [0.1, 0.15) is 75.8 Å². The van der Waals surface area contributed by atoms with Crippen molar-refractivity contribution in [3.8, 4) is 5.75 Å². The minimum Gasteiger partial charge on any atom is -0.489 e. The highest BCUT2D eigenvalue weighted by molar-refractivity contribution is 5.82. The van der Waals surface area contributed by atoms with Crippen molar-refractivity contribution in [1.29, 1.82) is 0 Å². The second kappa shape index (κ2) is 14.4. The molecule has 4 heteroatoms. The van der Waals surface area contributed by atoms with E-state index in [1.165, 1.54) is 38.5 Å². The Morgan fingerprint density at radius 3 is 2.41 bits per heavy atom. The summed E-state index contributed by atoms with van der Waals surface area (Å²) in [6, 6.07) is 17.7. The van der Waals surface area contributed by atoms with E-state index in [1.54, 1.807) is 6.21 Å². The Labute approximate surface area is 175 Å². The number of nitrogens with one attached hydrogen (secondary N) is 1. The van der Waals surface area contributed by atoms with Crippen LogP contribution in [0, 0.1) is 0 Å². The third-order valence-electron chi connectivity index (χ3n) is 4.77. The molecule has 29 heavy (non-hydrogen) atoms. The van der Waals surface area contributed by atoms with Crippen LogP contribution in [0.15, 0.2) is 59.7 Å². The van der Waals surface area contributed by atoms with Crippen LogP contribution in [0.3, 0.4) is 0 Å². The maximum absolute atomic E-state index is 11.9. The fourth-order valence-corrected chi connectivity index (χ4v) is 3.08. The molecule has 0 spiro atoms. The predicted molar refractivity (Wildman–Crippen MR) is 120 cm³/mol. The third kappa shape index (κ3) is 10.5. The fourth-order valence-electron chi connectivity index (χ4n) is 3.08. The Hall–Kier alpha value is -2.62. The summed E-state index contributed by atoms with van der Waals surface area (Å²) >= 11 is 0. The lowest BCUT2D eigenvalue weighted by molar-refractivity contribution is -0.121. The van der Waals surface area contributed by atoms with Crippen LogP contribution in [0.25, 0.3) is 0 Å². The fraction of sp³-hybridized carbons (Fsp3) is 0.440. The Bertz CT molecular complexity index is 729. The maximum Gasteiger partial charge on any atom is 0.240 e. The number of unbranched alkanes of at least 4 members (excludes halogenated alkanes) is 7. The first-order valence-corrected chi connectivity index (χ1v) is 10.9. The van der Waals surface area contributed by atoms with Crippen molar-refractivity contribution in [3.63, 3.8) is 0 Å². The molecular formula is C25H34N2O2. The van der Waals surface area contributed by atoms with Gasteiger partial charge >= 0.3 is 0 Å². The van der Waals surface area contributed by atoms with Gasteiger partial charge in [-0.25, -0.2) is 5.43 Å². The number of ether oxygens (including phenoxy) is 1. The molecule has 0 saturated carbocycles. The first kappa shape index (κ1) is 22.7. The van der Waals surface area contributed by atoms with E-state index in [1.807, 2.05) is 54.6 Å². The van der Waals surface area contributed by atoms with Crippen molar-refractivity contribution in [2.45, 2.75) is 71.3 Å². The zero-order valence-electron chi connectivity index (χ0n) is 17.6. The van der Waals surface area contributed by atoms with Crippen LogP contribution in [0.2, 0.25) is 0 Å². The number of amides is 1. The number of carbonyl (C=O) groups excluding carboxylic acids is 1. The second-order valence-corrected chi connectivity index (χ2v) is 7.36. The van der Waals surface area contributed by atoms with E-state index in [4.69, 9.17) is 4.74 Å². The summed E-state index contributed by atoms with van der Waals surface area (Å²) in [5.41, 5.74) is 4.63. The van der Waals surface area contributed by atoms with E-state index in [0.717, 1.165) is 29.7 Å². The normalized spacial score (nSPS) is 10.9. The van der Waals surface area contributed by atoms with Crippen molar-refractivity contribution in [3.05, 3.63) is 65.7 Å². The molecule has 2 aromatic carbocycles. The molecule has 4 nitrogen and oxygen atoms in total. The highest BCUT2D eigenvalue weighted by Gasteiger charge is 2.00. The van der Waals surface area contributed by atoms with Crippen LogP contribution >= 0.6 is 0 Å². The first-order chi connectivity index (χ1) is 14.3. The summed E-state index contributed by atoms with van der Waals surface area (Å²) in [5.74, 6) is 0.756. The van der Waals surface area contributed by atoms with Gasteiger partial charge in [0.25, 0.3) is 0 Å². The molecule has 0 unspecified atom stereocenters. The Morgan fingerprint density at radius 1 is 0.931 bits per heavy atom. The number of carbonyl (C=O) groups is 1. The molecule has 0 atom stereocenters. The summed E-state index contributed by atoms with van der Waals surface area (Å²) in [6.45, 7) is 2.76. The summed E-state index contributed by atoms with van der Waals surface area (Å²) in [6.07, 6.45) is 12.0. The van der Waals surface area contributed by atoms with Gasteiger partial charge in [-0.05, 0) is 29.7 Å². The van der Waals surface area contributed by atoms with Crippen molar-refractivity contribution >= 4 is 12.1 Å². The van der Waals surface area contributed by atoms with Gasteiger partial charge in [0.1, 0.15) is 12.4 Å². The highest BCUT2D eigenvalue weighted by Crippen LogP contribution is 2.14. The standard InChI is InChI=1S/C25H34N2O2/c1-2-3-4-5-6-7-8-12-18-25(28)27-26-20-23-16-13-17-24(19-23)29-21-22-14-10-9-11-15-22/h9-11,13-17,19-20H,2-8,12,18,21H2,1H3,(H,27,28)/b26-20+. The van der Waals surface area contributed by atoms with E-state index in [2.05, 4.69) is 17.5 Å². The molecule has 0 aliphatic rings. The largest absolute Gasteiger partial charge is 0.489 e. The smallest absolute Gasteiger partial charge is 0.240 e. The number of hydrogen-bond acceptors (Lipinski definition) is 3. The van der Waals surface area contributed by atoms with E-state index in [0.29, 0.717) is 13.0 Å². The molecular weight excluding hydrogens is 360 g/mol. The van der Waals surface area contributed by atoms with E-state index < -0.39 is 0 Å². The quantitative estimate of drug-likeness (QED) is 0.234. The molecule has 2 rings (SSSR count). The average molecular weight is 395 g/mol. The van der Waals surface area contributed by atoms with Gasteiger partial charge in [-0.2, -0.15) is 5.10 Å². The third-order valence-corrected chi connectivity index (χ3v) is 4.77. The summed E-state index contributed by atoms with van der Waals surface area (Å²) in [4.78, 5) is 11.9. The molecule has 0 fully saturated rings. The average Bonchev–Trinajstić information content (AvgIpc) is 2.75. The molecule has 0 radical (unpaired) electrons. The predicted octanol–water partition coefficient (Wildman–Crippen LogP) is 6.25. The van der Waals surface area contributed by atoms with Gasteiger partial charge in [0.05, 0.1) is 6.21 Å². The van der Waals surface area contributed by atoms with Gasteiger partial charge in [-0.1, -0.05) is 94.3 Å². The molecule has 0 aliphatic carbocycles. The molecule has 0 saturated heterocycles. The van der Waals surface area contributed by atoms with Gasteiger partial charge < -0.3 is 4.74 Å². The number of hydrogen-bond donors (Lipinski definition) is 1. The molecule has 0 heterocycles. The van der Waals surface area contributed by atoms with Crippen molar-refractivity contribution < 1.29 is 9.53 Å². The van der Waals surface area contributed by atoms with Gasteiger partial charge in [-0.3, -0.25) is 4.79 Å². The lowest BCUT2D eigenvalue weighted by Crippen LogP contribution is -2.16. The van der Waals surface area contributed by atoms with Gasteiger partial charge in [0.2, 0.25) is 5.91 Å². The van der Waals surface area contributed by atoms with E-state index in [9.17, 15) is 4.79 Å². The minimum atomic E-state index is -0.0243. The Morgan fingerprint density at radius 2 is 1.66 bits per heavy atom. The van der Waals surface area contributed by atoms with Gasteiger partial charge in [0.15, 0.2) is 0 Å². The SMILES string of the molecule is CCCCCCCCCCC(=O)N/N=C/c1cccc(OCc2ccccc2)c1. The molecule has 1 amide bonds. The molecule has 156 valence electrons. The number of benzene rings is 2. The van der Waals surface area contributed by atoms with Crippen LogP contribution in [0.5, 0.6) is 5.75 Å². The Balaban J connectivity index is 1.62. The topological polar surface area (TPSA) is 50.7 Å². The number of hydrazone groups is 1. The van der Waals surface area contributed by atoms with Crippen molar-refractivity contribution in [2.75, 3.05) is 0 Å². The van der Waals surface area contributed by atoms with Gasteiger partial charge in [0, 0.05) is 6.42 Å².